The lowest BCUT2D eigenvalue weighted by Gasteiger charge is -2.44. The van der Waals surface area contributed by atoms with Gasteiger partial charge in [0.25, 0.3) is 0 Å². The second-order valence-corrected chi connectivity index (χ2v) is 8.39. The first-order chi connectivity index (χ1) is 13.3. The molecule has 2 heterocycles. The number of aromatic hydroxyl groups is 1. The average molecular weight is 410 g/mol. The summed E-state index contributed by atoms with van der Waals surface area (Å²) in [5.41, 5.74) is 0.595. The maximum Gasteiger partial charge on any atom is 0.233 e. The van der Waals surface area contributed by atoms with E-state index in [2.05, 4.69) is 0 Å². The van der Waals surface area contributed by atoms with Crippen molar-refractivity contribution < 1.29 is 29.6 Å². The zero-order valence-corrected chi connectivity index (χ0v) is 16.3. The summed E-state index contributed by atoms with van der Waals surface area (Å²) in [6.45, 7) is 1.91. The average Bonchev–Trinajstić information content (AvgIpc) is 3.11. The number of hydrogen-bond acceptors (Lipinski definition) is 6. The smallest absolute Gasteiger partial charge is 0.233 e. The van der Waals surface area contributed by atoms with Gasteiger partial charge in [0.1, 0.15) is 5.75 Å². The summed E-state index contributed by atoms with van der Waals surface area (Å²) in [6, 6.07) is 4.50. The molecule has 3 fully saturated rings. The second kappa shape index (κ2) is 6.99. The predicted octanol–water partition coefficient (Wildman–Crippen LogP) is 1.84. The van der Waals surface area contributed by atoms with E-state index in [-0.39, 0.29) is 30.6 Å². The Labute approximate surface area is 167 Å². The number of halogens is 1. The van der Waals surface area contributed by atoms with E-state index in [0.717, 1.165) is 0 Å². The van der Waals surface area contributed by atoms with Crippen molar-refractivity contribution in [2.24, 2.45) is 23.7 Å². The highest BCUT2D eigenvalue weighted by Gasteiger charge is 2.66. The van der Waals surface area contributed by atoms with Gasteiger partial charge in [0.05, 0.1) is 29.6 Å². The maximum absolute atomic E-state index is 13.0. The molecule has 0 radical (unpaired) electrons. The van der Waals surface area contributed by atoms with Crippen LogP contribution in [-0.4, -0.2) is 51.0 Å². The largest absolute Gasteiger partial charge is 0.508 e. The first-order valence-corrected chi connectivity index (χ1v) is 10.0. The molecule has 0 bridgehead atoms. The Morgan fingerprint density at radius 2 is 2.04 bits per heavy atom. The standard InChI is InChI=1S/C20H24ClNO6/c1-2-5-22-18(25)13-6-10(9-23)20(27)14(17(13)19(22)26)8-16(28-20)12-4-3-11(24)7-15(12)21/h3-4,7,10,13-14,16-17,23-24,27H,2,5-6,8-9H2,1H3/t10-,13+,14+,16+,17+,20-/m1/s1. The lowest BCUT2D eigenvalue weighted by atomic mass is 9.64. The minimum Gasteiger partial charge on any atom is -0.508 e. The number of hydrogen-bond donors (Lipinski definition) is 3. The van der Waals surface area contributed by atoms with Crippen molar-refractivity contribution in [1.82, 2.24) is 4.90 Å². The predicted molar refractivity (Wildman–Crippen MR) is 99.2 cm³/mol. The number of likely N-dealkylation sites (tertiary alicyclic amines) is 1. The van der Waals surface area contributed by atoms with Gasteiger partial charge >= 0.3 is 0 Å². The highest BCUT2D eigenvalue weighted by Crippen LogP contribution is 2.58. The van der Waals surface area contributed by atoms with Crippen LogP contribution in [0, 0.1) is 23.7 Å². The van der Waals surface area contributed by atoms with Gasteiger partial charge < -0.3 is 20.1 Å². The van der Waals surface area contributed by atoms with Crippen molar-refractivity contribution in [1.29, 1.82) is 0 Å². The van der Waals surface area contributed by atoms with Gasteiger partial charge in [-0.3, -0.25) is 14.5 Å². The van der Waals surface area contributed by atoms with Gasteiger partial charge in [0, 0.05) is 18.4 Å². The molecule has 2 amide bonds. The summed E-state index contributed by atoms with van der Waals surface area (Å²) in [7, 11) is 0. The minimum absolute atomic E-state index is 0.0166. The molecule has 1 aromatic rings. The Morgan fingerprint density at radius 3 is 2.68 bits per heavy atom. The number of phenols is 1. The zero-order chi connectivity index (χ0) is 20.2. The summed E-state index contributed by atoms with van der Waals surface area (Å²) in [4.78, 5) is 27.1. The normalized spacial score (nSPS) is 37.3. The zero-order valence-electron chi connectivity index (χ0n) is 15.5. The van der Waals surface area contributed by atoms with E-state index in [1.807, 2.05) is 6.92 Å². The molecule has 3 N–H and O–H groups in total. The molecule has 28 heavy (non-hydrogen) atoms. The number of fused-ring (bicyclic) bond motifs is 3. The third kappa shape index (κ3) is 2.76. The second-order valence-electron chi connectivity index (χ2n) is 7.98. The first-order valence-electron chi connectivity index (χ1n) is 9.66. The molecule has 8 heteroatoms. The molecule has 0 unspecified atom stereocenters. The van der Waals surface area contributed by atoms with Crippen LogP contribution in [0.2, 0.25) is 5.02 Å². The Bertz CT molecular complexity index is 816. The summed E-state index contributed by atoms with van der Waals surface area (Å²) in [5.74, 6) is -4.66. The molecule has 1 aromatic carbocycles. The van der Waals surface area contributed by atoms with Crippen LogP contribution < -0.4 is 0 Å². The molecular formula is C20H24ClNO6. The summed E-state index contributed by atoms with van der Waals surface area (Å²) < 4.78 is 6.00. The molecular weight excluding hydrogens is 386 g/mol. The quantitative estimate of drug-likeness (QED) is 0.655. The molecule has 6 atom stereocenters. The molecule has 0 spiro atoms. The maximum atomic E-state index is 13.0. The van der Waals surface area contributed by atoms with Gasteiger partial charge in [-0.1, -0.05) is 24.6 Å². The molecule has 0 aromatic heterocycles. The SMILES string of the molecule is CCCN1C(=O)[C@H]2[C@H](C[C@H](CO)[C@@]3(O)O[C@H](c4ccc(O)cc4Cl)C[C@@H]23)C1=O. The fraction of sp³-hybridized carbons (Fsp3) is 0.600. The lowest BCUT2D eigenvalue weighted by Crippen LogP contribution is -2.54. The van der Waals surface area contributed by atoms with E-state index in [1.54, 1.807) is 6.07 Å². The minimum atomic E-state index is -1.71. The van der Waals surface area contributed by atoms with Gasteiger partial charge in [-0.2, -0.15) is 0 Å². The van der Waals surface area contributed by atoms with E-state index in [1.165, 1.54) is 17.0 Å². The topological polar surface area (TPSA) is 107 Å². The number of amides is 2. The fourth-order valence-electron chi connectivity index (χ4n) is 5.17. The first kappa shape index (κ1) is 19.6. The Kier molecular flexibility index (Phi) is 4.90. The highest BCUT2D eigenvalue weighted by molar-refractivity contribution is 6.31. The van der Waals surface area contributed by atoms with Crippen LogP contribution in [-0.2, 0) is 14.3 Å². The number of carbonyl (C=O) groups excluding carboxylic acids is 2. The number of rotatable bonds is 4. The summed E-state index contributed by atoms with van der Waals surface area (Å²) in [6.07, 6.45) is 0.573. The Morgan fingerprint density at radius 1 is 1.29 bits per heavy atom. The van der Waals surface area contributed by atoms with Gasteiger partial charge in [-0.15, -0.1) is 0 Å². The van der Waals surface area contributed by atoms with Crippen molar-refractivity contribution >= 4 is 23.4 Å². The van der Waals surface area contributed by atoms with Crippen LogP contribution in [0.15, 0.2) is 18.2 Å². The van der Waals surface area contributed by atoms with Crippen molar-refractivity contribution in [3.63, 3.8) is 0 Å². The van der Waals surface area contributed by atoms with Crippen LogP contribution in [0.1, 0.15) is 37.9 Å². The molecule has 1 aliphatic carbocycles. The number of imide groups is 1. The van der Waals surface area contributed by atoms with Crippen LogP contribution in [0.3, 0.4) is 0 Å². The van der Waals surface area contributed by atoms with Crippen LogP contribution in [0.25, 0.3) is 0 Å². The van der Waals surface area contributed by atoms with Gasteiger partial charge in [-0.05, 0) is 37.0 Å². The van der Waals surface area contributed by atoms with Gasteiger partial charge in [0.2, 0.25) is 11.8 Å². The molecule has 3 aliphatic rings. The third-order valence-corrected chi connectivity index (χ3v) is 6.78. The van der Waals surface area contributed by atoms with Crippen LogP contribution in [0.5, 0.6) is 5.75 Å². The summed E-state index contributed by atoms with van der Waals surface area (Å²) >= 11 is 6.25. The number of aliphatic hydroxyl groups excluding tert-OH is 1. The molecule has 4 rings (SSSR count). The third-order valence-electron chi connectivity index (χ3n) is 6.45. The van der Waals surface area contributed by atoms with Crippen LogP contribution >= 0.6 is 11.6 Å². The number of nitrogens with zero attached hydrogens (tertiary/aromatic N) is 1. The van der Waals surface area contributed by atoms with E-state index in [0.29, 0.717) is 30.0 Å². The molecule has 2 saturated heterocycles. The number of phenolic OH excluding ortho intramolecular Hbond substituents is 1. The number of ether oxygens (including phenoxy) is 1. The monoisotopic (exact) mass is 409 g/mol. The van der Waals surface area contributed by atoms with Crippen molar-refractivity contribution in [3.05, 3.63) is 28.8 Å². The molecule has 1 saturated carbocycles. The van der Waals surface area contributed by atoms with E-state index >= 15 is 0 Å². The molecule has 2 aliphatic heterocycles. The number of carbonyl (C=O) groups is 2. The Hall–Kier alpha value is -1.67. The van der Waals surface area contributed by atoms with Gasteiger partial charge in [-0.25, -0.2) is 0 Å². The summed E-state index contributed by atoms with van der Waals surface area (Å²) in [5, 5.41) is 31.1. The van der Waals surface area contributed by atoms with Crippen molar-refractivity contribution in [3.8, 4) is 5.75 Å². The van der Waals surface area contributed by atoms with E-state index < -0.39 is 35.6 Å². The number of aliphatic hydroxyl groups is 2. The fourth-order valence-corrected chi connectivity index (χ4v) is 5.47. The van der Waals surface area contributed by atoms with Gasteiger partial charge in [0.15, 0.2) is 5.79 Å². The molecule has 7 nitrogen and oxygen atoms in total. The van der Waals surface area contributed by atoms with Crippen molar-refractivity contribution in [2.45, 2.75) is 38.1 Å². The van der Waals surface area contributed by atoms with E-state index in [4.69, 9.17) is 16.3 Å². The molecule has 152 valence electrons. The lowest BCUT2D eigenvalue weighted by molar-refractivity contribution is -0.274. The Balaban J connectivity index is 1.71. The van der Waals surface area contributed by atoms with Crippen LogP contribution in [0.4, 0.5) is 0 Å². The van der Waals surface area contributed by atoms with E-state index in [9.17, 15) is 24.9 Å². The highest BCUT2D eigenvalue weighted by atomic mass is 35.5. The number of benzene rings is 1. The van der Waals surface area contributed by atoms with Crippen molar-refractivity contribution in [2.75, 3.05) is 13.2 Å².